The molecule has 24 heavy (non-hydrogen) atoms. The quantitative estimate of drug-likeness (QED) is 0.798. The minimum Gasteiger partial charge on any atom is -0.340 e. The molecule has 0 saturated carbocycles. The highest BCUT2D eigenvalue weighted by molar-refractivity contribution is 5.76. The Morgan fingerprint density at radius 3 is 2.62 bits per heavy atom. The van der Waals surface area contributed by atoms with Crippen molar-refractivity contribution in [3.63, 3.8) is 0 Å². The average Bonchev–Trinajstić information content (AvgIpc) is 3.13. The number of benzene rings is 1. The molecule has 0 radical (unpaired) electrons. The lowest BCUT2D eigenvalue weighted by Gasteiger charge is -2.34. The first-order valence-corrected chi connectivity index (χ1v) is 8.28. The summed E-state index contributed by atoms with van der Waals surface area (Å²) in [5.41, 5.74) is 0.609. The Morgan fingerprint density at radius 2 is 1.92 bits per heavy atom. The number of hydrogen-bond acceptors (Lipinski definition) is 4. The summed E-state index contributed by atoms with van der Waals surface area (Å²) in [5.74, 6) is -0.127. The van der Waals surface area contributed by atoms with E-state index < -0.39 is 0 Å². The van der Waals surface area contributed by atoms with Gasteiger partial charge in [-0.2, -0.15) is 5.10 Å². The standard InChI is InChI=1S/C17H22FN5O/c18-16-4-2-1-3-15(16)5-6-17(24)22-10-7-21(8-11-22)9-12-23-14-19-13-20-23/h1-4,13-14H,5-12H2. The number of aryl methyl sites for hydroxylation is 1. The van der Waals surface area contributed by atoms with Gasteiger partial charge in [-0.05, 0) is 18.1 Å². The summed E-state index contributed by atoms with van der Waals surface area (Å²) in [7, 11) is 0. The maximum atomic E-state index is 13.6. The molecule has 2 heterocycles. The van der Waals surface area contributed by atoms with Crippen molar-refractivity contribution in [3.8, 4) is 0 Å². The fourth-order valence-electron chi connectivity index (χ4n) is 2.91. The Morgan fingerprint density at radius 1 is 1.12 bits per heavy atom. The van der Waals surface area contributed by atoms with E-state index in [1.165, 1.54) is 12.4 Å². The van der Waals surface area contributed by atoms with Crippen LogP contribution in [0, 0.1) is 5.82 Å². The van der Waals surface area contributed by atoms with Crippen molar-refractivity contribution in [1.29, 1.82) is 0 Å². The van der Waals surface area contributed by atoms with Gasteiger partial charge in [0.05, 0.1) is 6.54 Å². The molecule has 7 heteroatoms. The molecule has 0 N–H and O–H groups in total. The molecule has 1 amide bonds. The normalized spacial score (nSPS) is 15.6. The van der Waals surface area contributed by atoms with Gasteiger partial charge in [-0.25, -0.2) is 9.37 Å². The maximum absolute atomic E-state index is 13.6. The highest BCUT2D eigenvalue weighted by atomic mass is 19.1. The highest BCUT2D eigenvalue weighted by Crippen LogP contribution is 2.11. The van der Waals surface area contributed by atoms with Crippen LogP contribution in [0.15, 0.2) is 36.9 Å². The van der Waals surface area contributed by atoms with Gasteiger partial charge in [0.25, 0.3) is 0 Å². The number of aromatic nitrogens is 3. The molecule has 1 aromatic carbocycles. The maximum Gasteiger partial charge on any atom is 0.222 e. The lowest BCUT2D eigenvalue weighted by molar-refractivity contribution is -0.132. The molecule has 128 valence electrons. The van der Waals surface area contributed by atoms with Crippen LogP contribution >= 0.6 is 0 Å². The monoisotopic (exact) mass is 331 g/mol. The molecule has 1 aliphatic heterocycles. The van der Waals surface area contributed by atoms with Gasteiger partial charge in [-0.3, -0.25) is 14.4 Å². The molecule has 1 saturated heterocycles. The minimum atomic E-state index is -0.233. The first-order chi connectivity index (χ1) is 11.7. The third-order valence-corrected chi connectivity index (χ3v) is 4.40. The summed E-state index contributed by atoms with van der Waals surface area (Å²) < 4.78 is 15.4. The van der Waals surface area contributed by atoms with E-state index in [0.717, 1.165) is 39.3 Å². The molecule has 0 unspecified atom stereocenters. The Labute approximate surface area is 140 Å². The van der Waals surface area contributed by atoms with Gasteiger partial charge >= 0.3 is 0 Å². The van der Waals surface area contributed by atoms with Crippen molar-refractivity contribution in [1.82, 2.24) is 24.6 Å². The molecule has 0 bridgehead atoms. The molecule has 6 nitrogen and oxygen atoms in total. The van der Waals surface area contributed by atoms with E-state index in [4.69, 9.17) is 0 Å². The highest BCUT2D eigenvalue weighted by Gasteiger charge is 2.20. The van der Waals surface area contributed by atoms with Crippen LogP contribution in [-0.4, -0.2) is 63.2 Å². The number of halogens is 1. The number of hydrogen-bond donors (Lipinski definition) is 0. The molecule has 1 fully saturated rings. The predicted molar refractivity (Wildman–Crippen MR) is 87.8 cm³/mol. The van der Waals surface area contributed by atoms with Gasteiger partial charge in [0.2, 0.25) is 5.91 Å². The molecule has 2 aromatic rings. The van der Waals surface area contributed by atoms with Gasteiger partial charge in [-0.1, -0.05) is 18.2 Å². The predicted octanol–water partition coefficient (Wildman–Crippen LogP) is 1.19. The summed E-state index contributed by atoms with van der Waals surface area (Å²) in [5, 5.41) is 4.09. The van der Waals surface area contributed by atoms with Crippen LogP contribution in [0.3, 0.4) is 0 Å². The summed E-state index contributed by atoms with van der Waals surface area (Å²) in [6.45, 7) is 4.89. The van der Waals surface area contributed by atoms with E-state index in [2.05, 4.69) is 15.0 Å². The molecular weight excluding hydrogens is 309 g/mol. The molecule has 1 aliphatic rings. The van der Waals surface area contributed by atoms with Crippen molar-refractivity contribution in [3.05, 3.63) is 48.3 Å². The van der Waals surface area contributed by atoms with E-state index in [0.29, 0.717) is 18.4 Å². The fraction of sp³-hybridized carbons (Fsp3) is 0.471. The summed E-state index contributed by atoms with van der Waals surface area (Å²) >= 11 is 0. The molecule has 0 aliphatic carbocycles. The van der Waals surface area contributed by atoms with Crippen LogP contribution < -0.4 is 0 Å². The zero-order chi connectivity index (χ0) is 16.8. The first kappa shape index (κ1) is 16.6. The lowest BCUT2D eigenvalue weighted by atomic mass is 10.1. The summed E-state index contributed by atoms with van der Waals surface area (Å²) in [6.07, 6.45) is 4.06. The number of carbonyl (C=O) groups is 1. The zero-order valence-electron chi connectivity index (χ0n) is 13.6. The Bertz CT molecular complexity index is 653. The van der Waals surface area contributed by atoms with Gasteiger partial charge < -0.3 is 4.90 Å². The van der Waals surface area contributed by atoms with Gasteiger partial charge in [0.15, 0.2) is 0 Å². The van der Waals surface area contributed by atoms with Crippen molar-refractivity contribution in [2.24, 2.45) is 0 Å². The molecule has 0 atom stereocenters. The van der Waals surface area contributed by atoms with E-state index in [1.54, 1.807) is 24.5 Å². The lowest BCUT2D eigenvalue weighted by Crippen LogP contribution is -2.49. The SMILES string of the molecule is O=C(CCc1ccccc1F)N1CCN(CCn2cncn2)CC1. The Kier molecular flexibility index (Phi) is 5.53. The van der Waals surface area contributed by atoms with Crippen LogP contribution in [-0.2, 0) is 17.8 Å². The second-order valence-corrected chi connectivity index (χ2v) is 5.97. The van der Waals surface area contributed by atoms with Crippen LogP contribution in [0.5, 0.6) is 0 Å². The molecule has 1 aromatic heterocycles. The third-order valence-electron chi connectivity index (χ3n) is 4.40. The van der Waals surface area contributed by atoms with Gasteiger partial charge in [0, 0.05) is 39.1 Å². The molecule has 0 spiro atoms. The second kappa shape index (κ2) is 8.01. The van der Waals surface area contributed by atoms with Crippen LogP contribution in [0.4, 0.5) is 4.39 Å². The van der Waals surface area contributed by atoms with Crippen LogP contribution in [0.25, 0.3) is 0 Å². The first-order valence-electron chi connectivity index (χ1n) is 8.28. The van der Waals surface area contributed by atoms with E-state index in [-0.39, 0.29) is 11.7 Å². The number of nitrogens with zero attached hydrogens (tertiary/aromatic N) is 5. The summed E-state index contributed by atoms with van der Waals surface area (Å²) in [6, 6.07) is 6.65. The van der Waals surface area contributed by atoms with Crippen LogP contribution in [0.2, 0.25) is 0 Å². The number of piperazine rings is 1. The topological polar surface area (TPSA) is 54.3 Å². The minimum absolute atomic E-state index is 0.106. The molecule has 3 rings (SSSR count). The van der Waals surface area contributed by atoms with E-state index >= 15 is 0 Å². The third kappa shape index (κ3) is 4.38. The van der Waals surface area contributed by atoms with Crippen LogP contribution in [0.1, 0.15) is 12.0 Å². The number of rotatable bonds is 6. The van der Waals surface area contributed by atoms with Crippen molar-refractivity contribution in [2.45, 2.75) is 19.4 Å². The van der Waals surface area contributed by atoms with Gasteiger partial charge in [-0.15, -0.1) is 0 Å². The number of carbonyl (C=O) groups excluding carboxylic acids is 1. The van der Waals surface area contributed by atoms with Crippen molar-refractivity contribution < 1.29 is 9.18 Å². The van der Waals surface area contributed by atoms with Crippen molar-refractivity contribution in [2.75, 3.05) is 32.7 Å². The second-order valence-electron chi connectivity index (χ2n) is 5.97. The fourth-order valence-corrected chi connectivity index (χ4v) is 2.91. The smallest absolute Gasteiger partial charge is 0.222 e. The largest absolute Gasteiger partial charge is 0.340 e. The average molecular weight is 331 g/mol. The Balaban J connectivity index is 1.39. The molecular formula is C17H22FN5O. The van der Waals surface area contributed by atoms with E-state index in [9.17, 15) is 9.18 Å². The Hall–Kier alpha value is -2.28. The zero-order valence-corrected chi connectivity index (χ0v) is 13.6. The van der Waals surface area contributed by atoms with E-state index in [1.807, 2.05) is 9.58 Å². The van der Waals surface area contributed by atoms with Crippen molar-refractivity contribution >= 4 is 5.91 Å². The summed E-state index contributed by atoms with van der Waals surface area (Å²) in [4.78, 5) is 20.4. The van der Waals surface area contributed by atoms with Gasteiger partial charge in [0.1, 0.15) is 18.5 Å². The number of amides is 1.